The Morgan fingerprint density at radius 3 is 2.90 bits per heavy atom. The standard InChI is InChI=1S/C14H25N3O3/c1-19-9-7-16-10-14(4-8-20-11-14)17(13(16)18)12-2-5-15-6-3-12/h12,15H,2-11H2,1H3. The summed E-state index contributed by atoms with van der Waals surface area (Å²) in [5.74, 6) is 0. The van der Waals surface area contributed by atoms with Crippen molar-refractivity contribution in [2.45, 2.75) is 30.8 Å². The average Bonchev–Trinajstić information content (AvgIpc) is 3.04. The summed E-state index contributed by atoms with van der Waals surface area (Å²) in [6, 6.07) is 0.539. The second-order valence-electron chi connectivity index (χ2n) is 6.08. The molecule has 20 heavy (non-hydrogen) atoms. The lowest BCUT2D eigenvalue weighted by atomic mass is 9.93. The van der Waals surface area contributed by atoms with Crippen LogP contribution >= 0.6 is 0 Å². The summed E-state index contributed by atoms with van der Waals surface area (Å²) in [5, 5.41) is 3.37. The SMILES string of the molecule is COCCN1CC2(CCOC2)N(C2CCNCC2)C1=O. The number of piperidine rings is 1. The predicted octanol–water partition coefficient (Wildman–Crippen LogP) is 0.282. The topological polar surface area (TPSA) is 54.0 Å². The quantitative estimate of drug-likeness (QED) is 0.805. The van der Waals surface area contributed by atoms with Crippen molar-refractivity contribution >= 4 is 6.03 Å². The van der Waals surface area contributed by atoms with Crippen LogP contribution in [-0.2, 0) is 9.47 Å². The van der Waals surface area contributed by atoms with Crippen LogP contribution in [0.2, 0.25) is 0 Å². The number of carbonyl (C=O) groups is 1. The van der Waals surface area contributed by atoms with Crippen LogP contribution in [-0.4, -0.2) is 80.5 Å². The first kappa shape index (κ1) is 14.1. The molecule has 0 aromatic heterocycles. The van der Waals surface area contributed by atoms with Gasteiger partial charge in [-0.2, -0.15) is 0 Å². The molecule has 0 aromatic rings. The largest absolute Gasteiger partial charge is 0.383 e. The van der Waals surface area contributed by atoms with E-state index in [4.69, 9.17) is 9.47 Å². The van der Waals surface area contributed by atoms with E-state index in [1.807, 2.05) is 4.90 Å². The fraction of sp³-hybridized carbons (Fsp3) is 0.929. The van der Waals surface area contributed by atoms with Gasteiger partial charge in [-0.25, -0.2) is 4.79 Å². The van der Waals surface area contributed by atoms with E-state index in [1.54, 1.807) is 7.11 Å². The Kier molecular flexibility index (Phi) is 4.14. The van der Waals surface area contributed by atoms with Crippen LogP contribution in [0.15, 0.2) is 0 Å². The number of rotatable bonds is 4. The van der Waals surface area contributed by atoms with Crippen molar-refractivity contribution in [3.05, 3.63) is 0 Å². The molecule has 0 radical (unpaired) electrons. The van der Waals surface area contributed by atoms with Gasteiger partial charge in [0.25, 0.3) is 0 Å². The highest BCUT2D eigenvalue weighted by atomic mass is 16.5. The first-order chi connectivity index (χ1) is 9.77. The van der Waals surface area contributed by atoms with Gasteiger partial charge < -0.3 is 24.6 Å². The molecule has 6 nitrogen and oxygen atoms in total. The molecule has 0 bridgehead atoms. The Hall–Kier alpha value is -0.850. The number of carbonyl (C=O) groups excluding carboxylic acids is 1. The van der Waals surface area contributed by atoms with Gasteiger partial charge in [-0.05, 0) is 32.4 Å². The Labute approximate surface area is 120 Å². The molecular weight excluding hydrogens is 258 g/mol. The van der Waals surface area contributed by atoms with Crippen LogP contribution in [0.4, 0.5) is 4.79 Å². The van der Waals surface area contributed by atoms with Crippen molar-refractivity contribution in [3.8, 4) is 0 Å². The van der Waals surface area contributed by atoms with Crippen LogP contribution in [0.3, 0.4) is 0 Å². The van der Waals surface area contributed by atoms with Crippen LogP contribution in [0, 0.1) is 0 Å². The lowest BCUT2D eigenvalue weighted by Crippen LogP contribution is -2.55. The Morgan fingerprint density at radius 2 is 2.25 bits per heavy atom. The van der Waals surface area contributed by atoms with Gasteiger partial charge in [-0.15, -0.1) is 0 Å². The van der Waals surface area contributed by atoms with Gasteiger partial charge in [0.15, 0.2) is 0 Å². The minimum absolute atomic E-state index is 0.0904. The zero-order chi connectivity index (χ0) is 14.0. The predicted molar refractivity (Wildman–Crippen MR) is 74.7 cm³/mol. The molecule has 3 aliphatic rings. The molecule has 3 rings (SSSR count). The zero-order valence-corrected chi connectivity index (χ0v) is 12.3. The van der Waals surface area contributed by atoms with E-state index in [9.17, 15) is 4.79 Å². The maximum absolute atomic E-state index is 12.8. The van der Waals surface area contributed by atoms with E-state index in [2.05, 4.69) is 10.2 Å². The van der Waals surface area contributed by atoms with Crippen LogP contribution in [0.1, 0.15) is 19.3 Å². The van der Waals surface area contributed by atoms with Gasteiger partial charge >= 0.3 is 6.03 Å². The van der Waals surface area contributed by atoms with Crippen molar-refractivity contribution in [1.29, 1.82) is 0 Å². The number of nitrogens with zero attached hydrogens (tertiary/aromatic N) is 2. The minimum atomic E-state index is -0.0904. The monoisotopic (exact) mass is 283 g/mol. The summed E-state index contributed by atoms with van der Waals surface area (Å²) in [7, 11) is 1.68. The molecule has 3 aliphatic heterocycles. The maximum Gasteiger partial charge on any atom is 0.321 e. The fourth-order valence-electron chi connectivity index (χ4n) is 3.75. The molecule has 1 atom stereocenters. The molecule has 0 aliphatic carbocycles. The number of hydrogen-bond acceptors (Lipinski definition) is 4. The second kappa shape index (κ2) is 5.87. The van der Waals surface area contributed by atoms with E-state index in [0.29, 0.717) is 25.8 Å². The molecule has 3 fully saturated rings. The number of urea groups is 1. The van der Waals surface area contributed by atoms with Gasteiger partial charge in [0.1, 0.15) is 0 Å². The lowest BCUT2D eigenvalue weighted by molar-refractivity contribution is 0.0807. The molecule has 3 saturated heterocycles. The first-order valence-corrected chi connectivity index (χ1v) is 7.62. The molecule has 3 heterocycles. The van der Waals surface area contributed by atoms with E-state index in [-0.39, 0.29) is 11.6 Å². The van der Waals surface area contributed by atoms with Crippen molar-refractivity contribution in [3.63, 3.8) is 0 Å². The summed E-state index contributed by atoms with van der Waals surface area (Å²) in [4.78, 5) is 16.9. The summed E-state index contributed by atoms with van der Waals surface area (Å²) in [6.07, 6.45) is 3.06. The highest BCUT2D eigenvalue weighted by Crippen LogP contribution is 2.37. The van der Waals surface area contributed by atoms with Gasteiger partial charge in [0, 0.05) is 32.8 Å². The van der Waals surface area contributed by atoms with Crippen LogP contribution < -0.4 is 5.32 Å². The number of hydrogen-bond donors (Lipinski definition) is 1. The second-order valence-corrected chi connectivity index (χ2v) is 6.08. The molecule has 1 N–H and O–H groups in total. The summed E-state index contributed by atoms with van der Waals surface area (Å²) in [6.45, 7) is 5.53. The third-order valence-corrected chi connectivity index (χ3v) is 4.79. The van der Waals surface area contributed by atoms with Crippen LogP contribution in [0.5, 0.6) is 0 Å². The van der Waals surface area contributed by atoms with Crippen molar-refractivity contribution in [1.82, 2.24) is 15.1 Å². The fourth-order valence-corrected chi connectivity index (χ4v) is 3.75. The third kappa shape index (κ3) is 2.40. The highest BCUT2D eigenvalue weighted by Gasteiger charge is 2.53. The van der Waals surface area contributed by atoms with Gasteiger partial charge in [0.2, 0.25) is 0 Å². The molecule has 2 amide bonds. The van der Waals surface area contributed by atoms with Crippen molar-refractivity contribution in [2.24, 2.45) is 0 Å². The Bertz CT molecular complexity index is 352. The molecule has 6 heteroatoms. The number of ether oxygens (including phenoxy) is 2. The van der Waals surface area contributed by atoms with E-state index in [0.717, 1.165) is 45.5 Å². The summed E-state index contributed by atoms with van der Waals surface area (Å²) in [5.41, 5.74) is -0.0904. The summed E-state index contributed by atoms with van der Waals surface area (Å²) >= 11 is 0. The lowest BCUT2D eigenvalue weighted by Gasteiger charge is -2.40. The maximum atomic E-state index is 12.8. The first-order valence-electron chi connectivity index (χ1n) is 7.62. The molecule has 0 saturated carbocycles. The average molecular weight is 283 g/mol. The summed E-state index contributed by atoms with van der Waals surface area (Å²) < 4.78 is 10.8. The number of amides is 2. The Balaban J connectivity index is 1.78. The molecule has 1 unspecified atom stereocenters. The van der Waals surface area contributed by atoms with Gasteiger partial charge in [0.05, 0.1) is 18.8 Å². The molecule has 1 spiro atoms. The highest BCUT2D eigenvalue weighted by molar-refractivity contribution is 5.79. The molecular formula is C14H25N3O3. The Morgan fingerprint density at radius 1 is 1.45 bits per heavy atom. The van der Waals surface area contributed by atoms with Crippen molar-refractivity contribution < 1.29 is 14.3 Å². The smallest absolute Gasteiger partial charge is 0.321 e. The van der Waals surface area contributed by atoms with E-state index in [1.165, 1.54) is 0 Å². The number of methoxy groups -OCH3 is 1. The molecule has 0 aromatic carbocycles. The zero-order valence-electron chi connectivity index (χ0n) is 12.3. The van der Waals surface area contributed by atoms with E-state index < -0.39 is 0 Å². The normalized spacial score (nSPS) is 31.8. The van der Waals surface area contributed by atoms with E-state index >= 15 is 0 Å². The minimum Gasteiger partial charge on any atom is -0.383 e. The number of nitrogens with one attached hydrogen (secondary N) is 1. The van der Waals surface area contributed by atoms with Crippen molar-refractivity contribution in [2.75, 3.05) is 53.1 Å². The van der Waals surface area contributed by atoms with Gasteiger partial charge in [-0.3, -0.25) is 0 Å². The third-order valence-electron chi connectivity index (χ3n) is 4.79. The van der Waals surface area contributed by atoms with Crippen LogP contribution in [0.25, 0.3) is 0 Å². The molecule has 114 valence electrons. The van der Waals surface area contributed by atoms with Gasteiger partial charge in [-0.1, -0.05) is 0 Å².